The van der Waals surface area contributed by atoms with Crippen LogP contribution in [0.15, 0.2) is 0 Å². The standard InChI is InChI=1S/C5H13N.CH4.2CH3.HI.K.H3N/c1-5(2)6(3)4;;;;;;/h5H,1-4H3;1H4;2*1H3;1H;;1H3/q;;2*-1;;+1;. The molecule has 0 saturated carbocycles. The normalized spacial score (nSPS) is 5.50. The van der Waals surface area contributed by atoms with E-state index in [2.05, 4.69) is 32.8 Å². The molecule has 2 nitrogen and oxygen atoms in total. The van der Waals surface area contributed by atoms with E-state index in [0.29, 0.717) is 6.04 Å². The van der Waals surface area contributed by atoms with E-state index >= 15 is 0 Å². The Bertz CT molecular complexity index is 38.0. The molecule has 0 aliphatic rings. The molecule has 12 heavy (non-hydrogen) atoms. The van der Waals surface area contributed by atoms with Gasteiger partial charge >= 0.3 is 51.4 Å². The average molecular weight is 317 g/mol. The predicted octanol–water partition coefficient (Wildman–Crippen LogP) is 0.277. The third-order valence-corrected chi connectivity index (χ3v) is 1.03. The minimum absolute atomic E-state index is 0. The van der Waals surface area contributed by atoms with Gasteiger partial charge in [-0.2, -0.15) is 0 Å². The first-order valence-corrected chi connectivity index (χ1v) is 2.31. The number of hydrogen-bond acceptors (Lipinski definition) is 2. The van der Waals surface area contributed by atoms with Gasteiger partial charge in [0.2, 0.25) is 0 Å². The van der Waals surface area contributed by atoms with Gasteiger partial charge in [0.05, 0.1) is 0 Å². The molecule has 0 amide bonds. The zero-order chi connectivity index (χ0) is 5.15. The topological polar surface area (TPSA) is 38.2 Å². The molecule has 0 unspecified atom stereocenters. The Morgan fingerprint density at radius 3 is 1.08 bits per heavy atom. The molecule has 0 rings (SSSR count). The largest absolute Gasteiger partial charge is 1.00 e. The van der Waals surface area contributed by atoms with Crippen molar-refractivity contribution in [1.29, 1.82) is 0 Å². The molecule has 78 valence electrons. The summed E-state index contributed by atoms with van der Waals surface area (Å²) in [6, 6.07) is 0.685. The van der Waals surface area contributed by atoms with Crippen LogP contribution in [0.1, 0.15) is 21.3 Å². The van der Waals surface area contributed by atoms with Crippen molar-refractivity contribution in [2.45, 2.75) is 27.3 Å². The second-order valence-corrected chi connectivity index (χ2v) is 2.06. The fourth-order valence-corrected chi connectivity index (χ4v) is 0. The van der Waals surface area contributed by atoms with E-state index in [1.54, 1.807) is 0 Å². The first kappa shape index (κ1) is 47.5. The summed E-state index contributed by atoms with van der Waals surface area (Å²) in [6.07, 6.45) is 0. The summed E-state index contributed by atoms with van der Waals surface area (Å²) in [7, 11) is 4.15. The summed E-state index contributed by atoms with van der Waals surface area (Å²) >= 11 is 0. The average Bonchev–Trinajstić information content (AvgIpc) is 1.36. The van der Waals surface area contributed by atoms with Crippen LogP contribution in [-0.4, -0.2) is 25.0 Å². The van der Waals surface area contributed by atoms with Crippen molar-refractivity contribution in [1.82, 2.24) is 11.1 Å². The molecule has 0 saturated heterocycles. The number of nitrogens with zero attached hydrogens (tertiary/aromatic N) is 1. The second kappa shape index (κ2) is 29.2. The zero-order valence-electron chi connectivity index (χ0n) is 9.14. The number of rotatable bonds is 1. The number of halogens is 1. The maximum absolute atomic E-state index is 2.17. The third-order valence-electron chi connectivity index (χ3n) is 1.03. The van der Waals surface area contributed by atoms with Crippen molar-refractivity contribution in [2.24, 2.45) is 0 Å². The molecule has 0 spiro atoms. The van der Waals surface area contributed by atoms with Crippen molar-refractivity contribution in [3.8, 4) is 0 Å². The SMILES string of the molecule is C.CC(C)N(C)C.I.N.[CH3-].[CH3-].[K+]. The van der Waals surface area contributed by atoms with E-state index in [1.807, 2.05) is 0 Å². The van der Waals surface area contributed by atoms with Gasteiger partial charge in [0.1, 0.15) is 0 Å². The van der Waals surface area contributed by atoms with E-state index < -0.39 is 0 Å². The summed E-state index contributed by atoms with van der Waals surface area (Å²) in [5.74, 6) is 0. The Hall–Kier alpha value is 2.29. The Morgan fingerprint density at radius 1 is 1.00 bits per heavy atom. The van der Waals surface area contributed by atoms with E-state index in [0.717, 1.165) is 0 Å². The second-order valence-electron chi connectivity index (χ2n) is 2.06. The molecule has 0 fully saturated rings. The van der Waals surface area contributed by atoms with Crippen molar-refractivity contribution in [3.63, 3.8) is 0 Å². The Balaban J connectivity index is -0.00000000833. The van der Waals surface area contributed by atoms with Crippen LogP contribution in [0, 0.1) is 14.9 Å². The Kier molecular flexibility index (Phi) is 116. The fraction of sp³-hybridized carbons (Fsp3) is 0.750. The Labute approximate surface area is 140 Å². The summed E-state index contributed by atoms with van der Waals surface area (Å²) in [6.45, 7) is 4.33. The van der Waals surface area contributed by atoms with E-state index in [1.165, 1.54) is 0 Å². The first-order chi connectivity index (χ1) is 2.64. The predicted molar refractivity (Wildman–Crippen MR) is 68.8 cm³/mol. The summed E-state index contributed by atoms with van der Waals surface area (Å²) in [5.41, 5.74) is 0. The molecule has 0 heterocycles. The molecule has 4 heteroatoms. The molecule has 0 aromatic heterocycles. The summed E-state index contributed by atoms with van der Waals surface area (Å²) < 4.78 is 0. The molecule has 0 aliphatic carbocycles. The molecule has 0 atom stereocenters. The summed E-state index contributed by atoms with van der Waals surface area (Å²) in [4.78, 5) is 2.17. The smallest absolute Gasteiger partial charge is 0.358 e. The van der Waals surface area contributed by atoms with Gasteiger partial charge in [0.15, 0.2) is 0 Å². The molecular weight excluding hydrogens is 290 g/mol. The first-order valence-electron chi connectivity index (χ1n) is 2.31. The van der Waals surface area contributed by atoms with Gasteiger partial charge in [-0.1, -0.05) is 7.43 Å². The van der Waals surface area contributed by atoms with Gasteiger partial charge in [0.25, 0.3) is 0 Å². The van der Waals surface area contributed by atoms with Crippen LogP contribution in [-0.2, 0) is 0 Å². The van der Waals surface area contributed by atoms with Crippen LogP contribution in [0.4, 0.5) is 0 Å². The maximum Gasteiger partial charge on any atom is 1.00 e. The van der Waals surface area contributed by atoms with Crippen molar-refractivity contribution < 1.29 is 51.4 Å². The molecule has 0 bridgehead atoms. The van der Waals surface area contributed by atoms with Crippen LogP contribution in [0.3, 0.4) is 0 Å². The maximum atomic E-state index is 2.17. The van der Waals surface area contributed by atoms with E-state index in [4.69, 9.17) is 0 Å². The van der Waals surface area contributed by atoms with Crippen molar-refractivity contribution in [2.75, 3.05) is 14.1 Å². The van der Waals surface area contributed by atoms with Crippen LogP contribution < -0.4 is 57.5 Å². The van der Waals surface area contributed by atoms with E-state index in [9.17, 15) is 0 Å². The van der Waals surface area contributed by atoms with Crippen molar-refractivity contribution >= 4 is 24.0 Å². The monoisotopic (exact) mass is 317 g/mol. The van der Waals surface area contributed by atoms with Crippen LogP contribution in [0.2, 0.25) is 0 Å². The van der Waals surface area contributed by atoms with Gasteiger partial charge in [-0.3, -0.25) is 0 Å². The molecule has 0 aliphatic heterocycles. The molecule has 0 aromatic rings. The van der Waals surface area contributed by atoms with Gasteiger partial charge < -0.3 is 25.9 Å². The molecule has 0 aromatic carbocycles. The van der Waals surface area contributed by atoms with Gasteiger partial charge in [0, 0.05) is 6.04 Å². The van der Waals surface area contributed by atoms with E-state index in [-0.39, 0.29) is 104 Å². The Morgan fingerprint density at radius 2 is 1.08 bits per heavy atom. The minimum Gasteiger partial charge on any atom is -0.358 e. The zero-order valence-corrected chi connectivity index (χ0v) is 14.6. The molecule has 3 N–H and O–H groups in total. The molecular formula is C8H27IKN2-. The third kappa shape index (κ3) is 39.6. The minimum atomic E-state index is 0. The van der Waals surface area contributed by atoms with Crippen LogP contribution in [0.5, 0.6) is 0 Å². The number of hydrogen-bond donors (Lipinski definition) is 1. The van der Waals surface area contributed by atoms with Gasteiger partial charge in [-0.05, 0) is 27.9 Å². The summed E-state index contributed by atoms with van der Waals surface area (Å²) in [5, 5.41) is 0. The van der Waals surface area contributed by atoms with Gasteiger partial charge in [-0.25, -0.2) is 0 Å². The van der Waals surface area contributed by atoms with Crippen LogP contribution in [0.25, 0.3) is 0 Å². The fourth-order valence-electron chi connectivity index (χ4n) is 0. The van der Waals surface area contributed by atoms with Crippen molar-refractivity contribution in [3.05, 3.63) is 14.9 Å². The van der Waals surface area contributed by atoms with Crippen LogP contribution >= 0.6 is 24.0 Å². The quantitative estimate of drug-likeness (QED) is 0.428. The molecule has 0 radical (unpaired) electrons. The van der Waals surface area contributed by atoms with Gasteiger partial charge in [-0.15, -0.1) is 24.0 Å².